The number of Topliss-reactive ketones (excluding diaryl/α,β-unsaturated/α-hetero) is 5. The van der Waals surface area contributed by atoms with Crippen LogP contribution in [0.5, 0.6) is 0 Å². The lowest BCUT2D eigenvalue weighted by atomic mass is 9.98. The zero-order valence-corrected chi connectivity index (χ0v) is 49.9. The van der Waals surface area contributed by atoms with Crippen LogP contribution in [0.3, 0.4) is 0 Å². The van der Waals surface area contributed by atoms with Gasteiger partial charge in [-0.05, 0) is 61.6 Å². The summed E-state index contributed by atoms with van der Waals surface area (Å²) >= 11 is 6.92. The van der Waals surface area contributed by atoms with Gasteiger partial charge in [0.2, 0.25) is 17.9 Å². The van der Waals surface area contributed by atoms with E-state index in [-0.39, 0.29) is 106 Å². The molecule has 6 aliphatic heterocycles. The third kappa shape index (κ3) is 33.0. The van der Waals surface area contributed by atoms with E-state index >= 15 is 0 Å². The predicted molar refractivity (Wildman–Crippen MR) is 290 cm³/mol. The third-order valence-corrected chi connectivity index (χ3v) is 12.0. The van der Waals surface area contributed by atoms with Crippen molar-refractivity contribution in [1.82, 2.24) is 19.9 Å². The average molecular weight is 1210 g/mol. The molecule has 0 aromatic rings. The fourth-order valence-corrected chi connectivity index (χ4v) is 6.65. The zero-order chi connectivity index (χ0) is 63.4. The van der Waals surface area contributed by atoms with Crippen molar-refractivity contribution in [3.63, 3.8) is 0 Å². The van der Waals surface area contributed by atoms with E-state index in [9.17, 15) is 91.1 Å². The van der Waals surface area contributed by atoms with Gasteiger partial charge in [0.15, 0.2) is 10.2 Å². The van der Waals surface area contributed by atoms with Crippen LogP contribution in [-0.2, 0) is 101 Å². The number of ketones is 5. The number of quaternary nitrogens is 1. The number of imide groups is 5. The highest BCUT2D eigenvalue weighted by Gasteiger charge is 2.63. The largest absolute Gasteiger partial charge is 0.391 e. The molecule has 80 heavy (non-hydrogen) atoms. The Morgan fingerprint density at radius 1 is 0.575 bits per heavy atom. The van der Waals surface area contributed by atoms with Crippen LogP contribution >= 0.6 is 47.9 Å². The van der Waals surface area contributed by atoms with Crippen molar-refractivity contribution in [3.8, 4) is 0 Å². The number of hydrogen-bond donors (Lipinski definition) is 3. The Morgan fingerprint density at radius 2 is 0.925 bits per heavy atom. The van der Waals surface area contributed by atoms with Gasteiger partial charge in [0.1, 0.15) is 41.2 Å². The van der Waals surface area contributed by atoms with E-state index in [2.05, 4.69) is 23.4 Å². The van der Waals surface area contributed by atoms with E-state index in [1.54, 1.807) is 0 Å². The molecule has 6 heterocycles. The molecule has 0 aromatic heterocycles. The minimum absolute atomic E-state index is 0.000185. The fourth-order valence-electron chi connectivity index (χ4n) is 5.20. The van der Waals surface area contributed by atoms with Gasteiger partial charge in [0.05, 0.1) is 29.6 Å². The first-order valence-electron chi connectivity index (χ1n) is 23.1. The molecule has 0 aliphatic carbocycles. The molecule has 446 valence electrons. The Hall–Kier alpha value is -6.71. The summed E-state index contributed by atoms with van der Waals surface area (Å²) in [5.74, 6) is -0.818. The van der Waals surface area contributed by atoms with Crippen molar-refractivity contribution in [2.45, 2.75) is 119 Å². The van der Waals surface area contributed by atoms with Crippen molar-refractivity contribution in [3.05, 3.63) is 24.3 Å². The lowest BCUT2D eigenvalue weighted by molar-refractivity contribution is -0.833. The van der Waals surface area contributed by atoms with Crippen LogP contribution in [-0.4, -0.2) is 195 Å². The highest BCUT2D eigenvalue weighted by molar-refractivity contribution is 8.14. The number of nitrogens with zero attached hydrogens (tertiary/aromatic N) is 5. The second kappa shape index (κ2) is 42.2. The average Bonchev–Trinajstić information content (AvgIpc) is 4.11. The van der Waals surface area contributed by atoms with Crippen LogP contribution in [0.25, 0.3) is 0 Å². The minimum Gasteiger partial charge on any atom is -0.329 e. The lowest BCUT2D eigenvalue weighted by Crippen LogP contribution is -2.71. The number of nitrogens with two attached hydrogens (primary N) is 1. The molecule has 32 heteroatoms. The zero-order valence-electron chi connectivity index (χ0n) is 46.5. The highest BCUT2D eigenvalue weighted by atomic mass is 32.2. The molecule has 28 nitrogen and oxygen atoms in total. The molecule has 0 bridgehead atoms. The number of amides is 10. The summed E-state index contributed by atoms with van der Waals surface area (Å²) in [6.07, 6.45) is 7.40. The topological polar surface area (TPSA) is 402 Å². The molecule has 10 amide bonds. The van der Waals surface area contributed by atoms with Crippen molar-refractivity contribution in [2.24, 2.45) is 5.90 Å². The Kier molecular flexibility index (Phi) is 42.1. The number of carbonyl (C=O) groups is 19. The highest BCUT2D eigenvalue weighted by Crippen LogP contribution is 2.35. The molecule has 0 saturated carbocycles. The van der Waals surface area contributed by atoms with Crippen molar-refractivity contribution in [1.29, 1.82) is 0 Å². The van der Waals surface area contributed by atoms with Crippen LogP contribution in [0, 0.1) is 0 Å². The maximum Gasteiger partial charge on any atom is 0.391 e. The molecule has 0 radical (unpaired) electrons. The van der Waals surface area contributed by atoms with Crippen LogP contribution in [0.4, 0.5) is 0 Å². The molecular weight excluding hydrogens is 1140 g/mol. The quantitative estimate of drug-likeness (QED) is 0.124. The molecule has 3 N–H and O–H groups in total. The summed E-state index contributed by atoms with van der Waals surface area (Å²) < 4.78 is -0.616. The van der Waals surface area contributed by atoms with Gasteiger partial charge >= 0.3 is 23.8 Å². The number of likely N-dealkylation sites (N-methyl/N-ethyl adjacent to an activating group) is 1. The number of thiol groups is 1. The fraction of sp³-hybridized carbons (Fsp3) is 0.521. The lowest BCUT2D eigenvalue weighted by Gasteiger charge is -2.42. The first-order valence-corrected chi connectivity index (χ1v) is 27.0. The molecule has 2 atom stereocenters. The molecule has 6 rings (SSSR count). The van der Waals surface area contributed by atoms with E-state index in [0.717, 1.165) is 40.6 Å². The van der Waals surface area contributed by atoms with Crippen molar-refractivity contribution in [2.75, 3.05) is 44.2 Å². The van der Waals surface area contributed by atoms with E-state index < -0.39 is 57.9 Å². The number of hydroxylamine groups is 4. The van der Waals surface area contributed by atoms with Crippen LogP contribution in [0.15, 0.2) is 24.3 Å². The molecule has 4 saturated heterocycles. The maximum atomic E-state index is 12.0. The van der Waals surface area contributed by atoms with E-state index in [1.807, 2.05) is 6.26 Å². The number of thioether (sulfide) groups is 3. The van der Waals surface area contributed by atoms with Crippen molar-refractivity contribution < 1.29 is 110 Å². The molecule has 4 fully saturated rings. The summed E-state index contributed by atoms with van der Waals surface area (Å²) in [6, 6.07) is -0.980. The third-order valence-electron chi connectivity index (χ3n) is 8.85. The standard InChI is InChI=1S/C12H11N2O6.C8H9NO5S.C6H9NO2S.C5H5NO2.C5H8O2S.C3H6OS.3C3H6O.H3NO/c15-8-1-2-9(16)13(8)20-12(19)7-5-6-14(7)10(17)3-4-11(14)18;1-5(10)15-4-8(13)14-9-6(11)2-3-7(9)12;1-7-5(8)3-4(10-2)6(7)9;1-6-4(7)2-3-5(6)8;1-4(6)3-8-5(2)7;1-3(4)2-5;3*1-3(2)4;1-2/h3-4,7H,1-2,5-6H2;2-4H2,1H3;4H,3H2,1-2H3;2-3H,1H3;3H2,1-2H3;5H,2H2,1H3;3*1-2H3;2H,1H2/q+1;;;;;;;;;. The summed E-state index contributed by atoms with van der Waals surface area (Å²) in [5, 5.41) is 7.03. The van der Waals surface area contributed by atoms with Gasteiger partial charge in [-0.25, -0.2) is 25.1 Å². The van der Waals surface area contributed by atoms with E-state index in [0.29, 0.717) is 34.5 Å². The molecule has 2 unspecified atom stereocenters. The Bertz CT molecular complexity index is 2300. The second-order valence-corrected chi connectivity index (χ2v) is 20.2. The Balaban J connectivity index is -0.000000431. The van der Waals surface area contributed by atoms with Gasteiger partial charge in [-0.15, -0.1) is 10.1 Å². The number of hydrogen-bond acceptors (Lipinski definition) is 27. The summed E-state index contributed by atoms with van der Waals surface area (Å²) in [6.45, 7) is 15.1. The van der Waals surface area contributed by atoms with Gasteiger partial charge in [0, 0.05) is 78.0 Å². The molecular formula is C48H69N6O22S4+. The first kappa shape index (κ1) is 79.8. The number of likely N-dealkylation sites (tertiary alicyclic amines) is 1. The van der Waals surface area contributed by atoms with Crippen LogP contribution in [0.1, 0.15) is 108 Å². The summed E-state index contributed by atoms with van der Waals surface area (Å²) in [4.78, 5) is 215. The maximum absolute atomic E-state index is 12.0. The van der Waals surface area contributed by atoms with Crippen LogP contribution < -0.4 is 5.90 Å². The Morgan fingerprint density at radius 3 is 1.15 bits per heavy atom. The summed E-state index contributed by atoms with van der Waals surface area (Å²) in [7, 11) is 2.98. The van der Waals surface area contributed by atoms with E-state index in [4.69, 9.17) is 10.0 Å². The molecule has 6 aliphatic rings. The van der Waals surface area contributed by atoms with Gasteiger partial charge in [-0.1, -0.05) is 23.5 Å². The van der Waals surface area contributed by atoms with Gasteiger partial charge in [-0.2, -0.15) is 28.9 Å². The summed E-state index contributed by atoms with van der Waals surface area (Å²) in [5.41, 5.74) is 0. The monoisotopic (exact) mass is 1210 g/mol. The number of carbonyl (C=O) groups excluding carboxylic acids is 19. The predicted octanol–water partition coefficient (Wildman–Crippen LogP) is 0.807. The molecule has 1 spiro atoms. The van der Waals surface area contributed by atoms with Crippen LogP contribution in [0.2, 0.25) is 0 Å². The van der Waals surface area contributed by atoms with Crippen molar-refractivity contribution >= 4 is 158 Å². The van der Waals surface area contributed by atoms with E-state index in [1.165, 1.54) is 112 Å². The first-order chi connectivity index (χ1) is 36.9. The second-order valence-electron chi connectivity index (χ2n) is 16.6. The Labute approximate surface area is 479 Å². The molecule has 0 aromatic carbocycles. The number of rotatable bonds is 9. The van der Waals surface area contributed by atoms with Gasteiger partial charge in [0.25, 0.3) is 35.4 Å². The smallest absolute Gasteiger partial charge is 0.329 e. The normalized spacial score (nSPS) is 17.3. The van der Waals surface area contributed by atoms with Gasteiger partial charge < -0.3 is 29.3 Å². The minimum atomic E-state index is -0.980. The SMILES string of the molecule is CC(=O)CS.CC(=O)CSC(C)=O.CC(=O)SCC(=O)ON1C(=O)CCC1=O.CC(C)=O.CC(C)=O.CC(C)=O.CN1C(=O)C=CC1=O.CSC1CC(=O)N(C)C1=O.NO.O=C(ON1C(=O)CCC1=O)C1CC[N+]12C(=O)C=CC2=O. The van der Waals surface area contributed by atoms with Gasteiger partial charge in [-0.3, -0.25) is 67.3 Å².